The van der Waals surface area contributed by atoms with Crippen LogP contribution in [0.25, 0.3) is 0 Å². The SMILES string of the molecule is CC1=CN(c2cccnc2)NN1. The number of aromatic nitrogens is 1. The number of hydrogen-bond acceptors (Lipinski definition) is 4. The summed E-state index contributed by atoms with van der Waals surface area (Å²) in [7, 11) is 0. The van der Waals surface area contributed by atoms with Crippen LogP contribution in [-0.4, -0.2) is 4.98 Å². The van der Waals surface area contributed by atoms with E-state index in [4.69, 9.17) is 0 Å². The van der Waals surface area contributed by atoms with E-state index >= 15 is 0 Å². The largest absolute Gasteiger partial charge is 0.306 e. The molecule has 2 heterocycles. The van der Waals surface area contributed by atoms with Crippen molar-refractivity contribution in [2.75, 3.05) is 5.01 Å². The summed E-state index contributed by atoms with van der Waals surface area (Å²) in [6, 6.07) is 3.88. The lowest BCUT2D eigenvalue weighted by atomic mass is 10.4. The van der Waals surface area contributed by atoms with Crippen molar-refractivity contribution in [3.8, 4) is 0 Å². The van der Waals surface area contributed by atoms with E-state index in [1.165, 1.54) is 0 Å². The molecule has 0 bridgehead atoms. The van der Waals surface area contributed by atoms with Crippen molar-refractivity contribution in [3.63, 3.8) is 0 Å². The molecule has 0 spiro atoms. The second-order valence-electron chi connectivity index (χ2n) is 2.63. The zero-order chi connectivity index (χ0) is 8.39. The second kappa shape index (κ2) is 2.83. The number of nitrogens with zero attached hydrogens (tertiary/aromatic N) is 2. The van der Waals surface area contributed by atoms with Crippen LogP contribution >= 0.6 is 0 Å². The fourth-order valence-electron chi connectivity index (χ4n) is 1.04. The molecule has 0 aliphatic carbocycles. The molecule has 0 amide bonds. The maximum atomic E-state index is 4.02. The first-order chi connectivity index (χ1) is 5.86. The van der Waals surface area contributed by atoms with E-state index < -0.39 is 0 Å². The Balaban J connectivity index is 2.22. The van der Waals surface area contributed by atoms with Crippen LogP contribution in [0.15, 0.2) is 36.4 Å². The first-order valence-electron chi connectivity index (χ1n) is 3.75. The van der Waals surface area contributed by atoms with E-state index in [1.807, 2.05) is 30.3 Å². The fourth-order valence-corrected chi connectivity index (χ4v) is 1.04. The monoisotopic (exact) mass is 162 g/mol. The molecule has 1 aromatic rings. The number of anilines is 1. The molecule has 2 rings (SSSR count). The molecule has 1 aliphatic rings. The van der Waals surface area contributed by atoms with Gasteiger partial charge in [-0.05, 0) is 19.1 Å². The van der Waals surface area contributed by atoms with Crippen molar-refractivity contribution in [3.05, 3.63) is 36.4 Å². The Morgan fingerprint density at radius 3 is 3.00 bits per heavy atom. The van der Waals surface area contributed by atoms with Crippen LogP contribution in [0.4, 0.5) is 5.69 Å². The van der Waals surface area contributed by atoms with Crippen LogP contribution in [0.5, 0.6) is 0 Å². The zero-order valence-corrected chi connectivity index (χ0v) is 6.78. The average Bonchev–Trinajstić information content (AvgIpc) is 2.54. The Labute approximate surface area is 70.9 Å². The predicted octanol–water partition coefficient (Wildman–Crippen LogP) is 0.772. The normalized spacial score (nSPS) is 15.8. The molecule has 0 unspecified atom stereocenters. The van der Waals surface area contributed by atoms with Crippen LogP contribution in [-0.2, 0) is 0 Å². The summed E-state index contributed by atoms with van der Waals surface area (Å²) in [5, 5.41) is 1.88. The third kappa shape index (κ3) is 1.24. The second-order valence-corrected chi connectivity index (χ2v) is 2.63. The van der Waals surface area contributed by atoms with Crippen molar-refractivity contribution in [2.24, 2.45) is 0 Å². The van der Waals surface area contributed by atoms with E-state index in [1.54, 1.807) is 12.4 Å². The molecule has 4 nitrogen and oxygen atoms in total. The molecule has 0 radical (unpaired) electrons. The number of pyridine rings is 1. The van der Waals surface area contributed by atoms with Crippen molar-refractivity contribution < 1.29 is 0 Å². The van der Waals surface area contributed by atoms with Crippen LogP contribution in [0, 0.1) is 0 Å². The number of rotatable bonds is 1. The minimum Gasteiger partial charge on any atom is -0.306 e. The van der Waals surface area contributed by atoms with Gasteiger partial charge in [-0.25, -0.2) is 0 Å². The van der Waals surface area contributed by atoms with Crippen molar-refractivity contribution in [1.82, 2.24) is 15.9 Å². The summed E-state index contributed by atoms with van der Waals surface area (Å²) < 4.78 is 0. The molecule has 2 N–H and O–H groups in total. The highest BCUT2D eigenvalue weighted by atomic mass is 15.7. The van der Waals surface area contributed by atoms with E-state index in [0.717, 1.165) is 11.4 Å². The van der Waals surface area contributed by atoms with Gasteiger partial charge in [0.15, 0.2) is 0 Å². The van der Waals surface area contributed by atoms with Crippen molar-refractivity contribution in [2.45, 2.75) is 6.92 Å². The molecule has 62 valence electrons. The van der Waals surface area contributed by atoms with E-state index in [-0.39, 0.29) is 0 Å². The summed E-state index contributed by atoms with van der Waals surface area (Å²) >= 11 is 0. The van der Waals surface area contributed by atoms with E-state index in [0.29, 0.717) is 0 Å². The quantitative estimate of drug-likeness (QED) is 0.640. The molecule has 4 heteroatoms. The molecule has 0 saturated carbocycles. The number of nitrogens with one attached hydrogen (secondary N) is 2. The Kier molecular flexibility index (Phi) is 1.68. The molecule has 0 fully saturated rings. The number of allylic oxidation sites excluding steroid dienone is 1. The van der Waals surface area contributed by atoms with Gasteiger partial charge in [-0.1, -0.05) is 0 Å². The molecular formula is C8H10N4. The highest BCUT2D eigenvalue weighted by Crippen LogP contribution is 2.12. The van der Waals surface area contributed by atoms with Crippen LogP contribution < -0.4 is 16.0 Å². The van der Waals surface area contributed by atoms with Gasteiger partial charge in [-0.15, -0.1) is 5.53 Å². The van der Waals surface area contributed by atoms with Gasteiger partial charge >= 0.3 is 0 Å². The molecule has 12 heavy (non-hydrogen) atoms. The number of hydrazine groups is 2. The molecule has 0 aromatic carbocycles. The lowest BCUT2D eigenvalue weighted by Crippen LogP contribution is -2.36. The Morgan fingerprint density at radius 1 is 1.50 bits per heavy atom. The summed E-state index contributed by atoms with van der Waals surface area (Å²) in [6.07, 6.45) is 5.52. The zero-order valence-electron chi connectivity index (χ0n) is 6.78. The molecule has 0 atom stereocenters. The smallest absolute Gasteiger partial charge is 0.0772 e. The van der Waals surface area contributed by atoms with Gasteiger partial charge in [0.1, 0.15) is 0 Å². The lowest BCUT2D eigenvalue weighted by molar-refractivity contribution is 0.659. The van der Waals surface area contributed by atoms with E-state index in [2.05, 4.69) is 15.9 Å². The lowest BCUT2D eigenvalue weighted by Gasteiger charge is -2.13. The standard InChI is InChI=1S/C8H10N4/c1-7-6-12(11-10-7)8-3-2-4-9-5-8/h2-6,10-11H,1H3. The third-order valence-corrected chi connectivity index (χ3v) is 1.62. The van der Waals surface area contributed by atoms with Crippen molar-refractivity contribution >= 4 is 5.69 Å². The first-order valence-corrected chi connectivity index (χ1v) is 3.75. The maximum absolute atomic E-state index is 4.02. The predicted molar refractivity (Wildman–Crippen MR) is 46.7 cm³/mol. The van der Waals surface area contributed by atoms with Crippen LogP contribution in [0.3, 0.4) is 0 Å². The van der Waals surface area contributed by atoms with Crippen molar-refractivity contribution in [1.29, 1.82) is 0 Å². The summed E-state index contributed by atoms with van der Waals surface area (Å²) in [5.41, 5.74) is 8.05. The molecule has 1 aliphatic heterocycles. The number of hydrogen-bond donors (Lipinski definition) is 2. The highest BCUT2D eigenvalue weighted by Gasteiger charge is 2.08. The van der Waals surface area contributed by atoms with Crippen LogP contribution in [0.1, 0.15) is 6.92 Å². The van der Waals surface area contributed by atoms with Crippen LogP contribution in [0.2, 0.25) is 0 Å². The Bertz CT molecular complexity index is 293. The van der Waals surface area contributed by atoms with Gasteiger partial charge in [0.2, 0.25) is 0 Å². The topological polar surface area (TPSA) is 40.2 Å². The van der Waals surface area contributed by atoms with Gasteiger partial charge in [0, 0.05) is 18.1 Å². The van der Waals surface area contributed by atoms with Gasteiger partial charge < -0.3 is 5.43 Å². The van der Waals surface area contributed by atoms with Gasteiger partial charge in [-0.2, -0.15) is 0 Å². The third-order valence-electron chi connectivity index (χ3n) is 1.62. The summed E-state index contributed by atoms with van der Waals surface area (Å²) in [4.78, 5) is 4.02. The van der Waals surface area contributed by atoms with E-state index in [9.17, 15) is 0 Å². The first kappa shape index (κ1) is 7.12. The average molecular weight is 162 g/mol. The minimum absolute atomic E-state index is 1.02. The Morgan fingerprint density at radius 2 is 2.42 bits per heavy atom. The molecule has 0 saturated heterocycles. The summed E-state index contributed by atoms with van der Waals surface area (Å²) in [6.45, 7) is 1.99. The fraction of sp³-hybridized carbons (Fsp3) is 0.125. The molecular weight excluding hydrogens is 152 g/mol. The Hall–Kier alpha value is -1.55. The maximum Gasteiger partial charge on any atom is 0.0772 e. The highest BCUT2D eigenvalue weighted by molar-refractivity contribution is 5.46. The van der Waals surface area contributed by atoms with Gasteiger partial charge in [0.25, 0.3) is 0 Å². The summed E-state index contributed by atoms with van der Waals surface area (Å²) in [5.74, 6) is 0. The van der Waals surface area contributed by atoms with Gasteiger partial charge in [0.05, 0.1) is 11.9 Å². The van der Waals surface area contributed by atoms with Gasteiger partial charge in [-0.3, -0.25) is 9.99 Å². The minimum atomic E-state index is 1.02. The molecule has 1 aromatic heterocycles.